The lowest BCUT2D eigenvalue weighted by molar-refractivity contribution is -0.890. The van der Waals surface area contributed by atoms with Crippen molar-refractivity contribution < 1.29 is 19.1 Å². The van der Waals surface area contributed by atoms with Crippen LogP contribution in [0.2, 0.25) is 10.0 Å². The molecule has 1 aromatic carbocycles. The van der Waals surface area contributed by atoms with Gasteiger partial charge in [0.2, 0.25) is 0 Å². The van der Waals surface area contributed by atoms with Crippen molar-refractivity contribution in [2.24, 2.45) is 0 Å². The molecule has 0 spiro atoms. The molecule has 1 aromatic rings. The number of carboxylic acids is 1. The van der Waals surface area contributed by atoms with Gasteiger partial charge in [0, 0.05) is 0 Å². The lowest BCUT2D eigenvalue weighted by Crippen LogP contribution is -2.41. The summed E-state index contributed by atoms with van der Waals surface area (Å²) in [6, 6.07) is 2.83. The van der Waals surface area contributed by atoms with E-state index in [4.69, 9.17) is 27.9 Å². The highest BCUT2D eigenvalue weighted by molar-refractivity contribution is 6.36. The van der Waals surface area contributed by atoms with Crippen LogP contribution >= 0.6 is 23.2 Å². The van der Waals surface area contributed by atoms with Gasteiger partial charge in [-0.25, -0.2) is 0 Å². The molecule has 0 bridgehead atoms. The Morgan fingerprint density at radius 3 is 1.42 bits per heavy atom. The fourth-order valence-corrected chi connectivity index (χ4v) is 4.84. The van der Waals surface area contributed by atoms with E-state index in [1.54, 1.807) is 0 Å². The summed E-state index contributed by atoms with van der Waals surface area (Å²) < 4.78 is 6.02. The van der Waals surface area contributed by atoms with Crippen LogP contribution < -0.4 is 9.84 Å². The zero-order chi connectivity index (χ0) is 27.2. The Balaban J connectivity index is 0.000000790. The lowest BCUT2D eigenvalue weighted by atomic mass is 10.1. The van der Waals surface area contributed by atoms with Gasteiger partial charge in [-0.15, -0.1) is 0 Å². The molecule has 36 heavy (non-hydrogen) atoms. The molecule has 0 aliphatic carbocycles. The SMILES string of the molecule is CCCCCCCCCC[N+](C)(C)CCCCCCCCCC.COc1c(Cl)ccc(Cl)c1C(=O)[O-]. The van der Waals surface area contributed by atoms with Gasteiger partial charge in [-0.1, -0.05) is 114 Å². The summed E-state index contributed by atoms with van der Waals surface area (Å²) in [6.45, 7) is 7.36. The van der Waals surface area contributed by atoms with Crippen molar-refractivity contribution >= 4 is 29.2 Å². The number of nitrogens with zero attached hydrogens (tertiary/aromatic N) is 1. The molecule has 210 valence electrons. The molecule has 0 amide bonds. The summed E-state index contributed by atoms with van der Waals surface area (Å²) >= 11 is 11.3. The molecular formula is C30H53Cl2NO3. The number of benzene rings is 1. The predicted octanol–water partition coefficient (Wildman–Crippen LogP) is 8.71. The lowest BCUT2D eigenvalue weighted by Gasteiger charge is -2.30. The Kier molecular flexibility index (Phi) is 21.5. The maximum absolute atomic E-state index is 10.6. The zero-order valence-electron chi connectivity index (χ0n) is 23.8. The van der Waals surface area contributed by atoms with Crippen molar-refractivity contribution in [3.05, 3.63) is 27.7 Å². The maximum atomic E-state index is 10.6. The van der Waals surface area contributed by atoms with Crippen LogP contribution in [0.25, 0.3) is 0 Å². The van der Waals surface area contributed by atoms with Crippen LogP contribution in [0.1, 0.15) is 127 Å². The number of aromatic carboxylic acids is 1. The second-order valence-electron chi connectivity index (χ2n) is 10.6. The van der Waals surface area contributed by atoms with Crippen LogP contribution in [0.15, 0.2) is 12.1 Å². The number of hydrogen-bond donors (Lipinski definition) is 0. The van der Waals surface area contributed by atoms with Crippen LogP contribution in [-0.4, -0.2) is 44.7 Å². The number of rotatable bonds is 20. The molecule has 0 saturated carbocycles. The molecule has 0 heterocycles. The van der Waals surface area contributed by atoms with Gasteiger partial charge >= 0.3 is 0 Å². The minimum Gasteiger partial charge on any atom is -0.545 e. The Hall–Kier alpha value is -0.970. The second kappa shape index (κ2) is 22.1. The van der Waals surface area contributed by atoms with Crippen LogP contribution in [-0.2, 0) is 0 Å². The standard InChI is InChI=1S/C22H48N.C8H6Cl2O3/c1-5-7-9-11-13-15-17-19-21-23(3,4)22-20-18-16-14-12-10-8-6-2;1-13-7-5(10)3-2-4(9)6(7)8(11)12/h5-22H2,1-4H3;2-3H,1H3,(H,11,12)/q+1;/p-1. The van der Waals surface area contributed by atoms with Gasteiger partial charge in [-0.3, -0.25) is 0 Å². The summed E-state index contributed by atoms with van der Waals surface area (Å²) in [5, 5.41) is 10.8. The van der Waals surface area contributed by atoms with Gasteiger partial charge in [0.1, 0.15) is 5.75 Å². The molecule has 4 nitrogen and oxygen atoms in total. The molecular weight excluding hydrogens is 493 g/mol. The third kappa shape index (κ3) is 17.5. The fourth-order valence-electron chi connectivity index (χ4n) is 4.38. The Morgan fingerprint density at radius 1 is 0.722 bits per heavy atom. The summed E-state index contributed by atoms with van der Waals surface area (Å²) in [5.74, 6) is -1.39. The van der Waals surface area contributed by atoms with E-state index in [0.717, 1.165) is 0 Å². The van der Waals surface area contributed by atoms with Crippen LogP contribution in [0.3, 0.4) is 0 Å². The van der Waals surface area contributed by atoms with Crippen LogP contribution in [0.5, 0.6) is 5.75 Å². The first kappa shape index (κ1) is 35.0. The first-order chi connectivity index (χ1) is 17.2. The largest absolute Gasteiger partial charge is 0.545 e. The van der Waals surface area contributed by atoms with Gasteiger partial charge in [0.05, 0.1) is 55.9 Å². The van der Waals surface area contributed by atoms with Crippen molar-refractivity contribution in [1.82, 2.24) is 0 Å². The number of quaternary nitrogens is 1. The van der Waals surface area contributed by atoms with Gasteiger partial charge in [0.25, 0.3) is 0 Å². The molecule has 0 aromatic heterocycles. The first-order valence-corrected chi connectivity index (χ1v) is 15.0. The molecule has 6 heteroatoms. The second-order valence-corrected chi connectivity index (χ2v) is 11.4. The number of halogens is 2. The summed E-state index contributed by atoms with van der Waals surface area (Å²) in [4.78, 5) is 10.6. The number of carboxylic acid groups (broad SMARTS) is 1. The smallest absolute Gasteiger partial charge is 0.147 e. The number of ether oxygens (including phenoxy) is 1. The average Bonchev–Trinajstić information content (AvgIpc) is 2.83. The third-order valence-electron chi connectivity index (χ3n) is 6.70. The Bertz CT molecular complexity index is 673. The highest BCUT2D eigenvalue weighted by atomic mass is 35.5. The number of carbonyl (C=O) groups is 1. The maximum Gasteiger partial charge on any atom is 0.147 e. The van der Waals surface area contributed by atoms with Gasteiger partial charge < -0.3 is 19.1 Å². The molecule has 0 saturated heterocycles. The fraction of sp³-hybridized carbons (Fsp3) is 0.767. The molecule has 0 N–H and O–H groups in total. The predicted molar refractivity (Wildman–Crippen MR) is 154 cm³/mol. The Labute approximate surface area is 232 Å². The highest BCUT2D eigenvalue weighted by Crippen LogP contribution is 2.33. The highest BCUT2D eigenvalue weighted by Gasteiger charge is 2.14. The van der Waals surface area contributed by atoms with Crippen molar-refractivity contribution in [3.8, 4) is 5.75 Å². The monoisotopic (exact) mass is 545 g/mol. The van der Waals surface area contributed by atoms with Gasteiger partial charge in [-0.2, -0.15) is 0 Å². The van der Waals surface area contributed by atoms with E-state index in [2.05, 4.69) is 27.9 Å². The third-order valence-corrected chi connectivity index (χ3v) is 7.31. The van der Waals surface area contributed by atoms with E-state index in [1.165, 1.54) is 140 Å². The minimum absolute atomic E-state index is 0.0224. The molecule has 0 aliphatic heterocycles. The van der Waals surface area contributed by atoms with Crippen molar-refractivity contribution in [3.63, 3.8) is 0 Å². The molecule has 0 aliphatic rings. The number of hydrogen-bond acceptors (Lipinski definition) is 3. The van der Waals surface area contributed by atoms with Crippen molar-refractivity contribution in [2.45, 2.75) is 117 Å². The van der Waals surface area contributed by atoms with E-state index in [0.29, 0.717) is 0 Å². The summed E-state index contributed by atoms with van der Waals surface area (Å²) in [5.41, 5.74) is -0.225. The average molecular weight is 547 g/mol. The quantitative estimate of drug-likeness (QED) is 0.121. The van der Waals surface area contributed by atoms with E-state index >= 15 is 0 Å². The minimum atomic E-state index is -1.41. The number of carbonyl (C=O) groups excluding carboxylic acids is 1. The molecule has 0 fully saturated rings. The van der Waals surface area contributed by atoms with Crippen molar-refractivity contribution in [1.29, 1.82) is 0 Å². The van der Waals surface area contributed by atoms with E-state index < -0.39 is 5.97 Å². The summed E-state index contributed by atoms with van der Waals surface area (Å²) in [7, 11) is 6.18. The normalized spacial score (nSPS) is 11.2. The zero-order valence-corrected chi connectivity index (χ0v) is 25.3. The van der Waals surface area contributed by atoms with E-state index in [-0.39, 0.29) is 21.4 Å². The number of unbranched alkanes of at least 4 members (excludes halogenated alkanes) is 14. The van der Waals surface area contributed by atoms with Crippen molar-refractivity contribution in [2.75, 3.05) is 34.3 Å². The summed E-state index contributed by atoms with van der Waals surface area (Å²) in [6.07, 6.45) is 23.0. The van der Waals surface area contributed by atoms with Gasteiger partial charge in [0.15, 0.2) is 0 Å². The Morgan fingerprint density at radius 2 is 1.08 bits per heavy atom. The van der Waals surface area contributed by atoms with Crippen LogP contribution in [0.4, 0.5) is 0 Å². The number of methoxy groups -OCH3 is 1. The molecule has 0 unspecified atom stereocenters. The van der Waals surface area contributed by atoms with Crippen LogP contribution in [0, 0.1) is 0 Å². The molecule has 0 atom stereocenters. The van der Waals surface area contributed by atoms with E-state index in [1.807, 2.05) is 0 Å². The van der Waals surface area contributed by atoms with Gasteiger partial charge in [-0.05, 0) is 37.8 Å². The topological polar surface area (TPSA) is 49.4 Å². The molecule has 0 radical (unpaired) electrons. The first-order valence-electron chi connectivity index (χ1n) is 14.3. The molecule has 1 rings (SSSR count). The van der Waals surface area contributed by atoms with E-state index in [9.17, 15) is 9.90 Å².